The number of carbonyl (C=O) groups excluding carboxylic acids is 2. The van der Waals surface area contributed by atoms with Gasteiger partial charge < -0.3 is 0 Å². The molecule has 0 saturated heterocycles. The van der Waals surface area contributed by atoms with Gasteiger partial charge in [0.05, 0.1) is 13.1 Å². The highest BCUT2D eigenvalue weighted by Crippen LogP contribution is 2.52. The molecule has 0 aromatic heterocycles. The van der Waals surface area contributed by atoms with Gasteiger partial charge in [-0.1, -0.05) is 0 Å². The lowest BCUT2D eigenvalue weighted by Crippen LogP contribution is -2.20. The van der Waals surface area contributed by atoms with E-state index in [2.05, 4.69) is 9.98 Å². The molecule has 0 aromatic rings. The van der Waals surface area contributed by atoms with Gasteiger partial charge in [-0.05, 0) is 49.4 Å². The fourth-order valence-electron chi connectivity index (χ4n) is 3.52. The molecule has 0 N–H and O–H groups in total. The van der Waals surface area contributed by atoms with Crippen molar-refractivity contribution in [3.8, 4) is 0 Å². The summed E-state index contributed by atoms with van der Waals surface area (Å²) in [6.07, 6.45) is 7.91. The first-order valence-corrected chi connectivity index (χ1v) is 5.92. The second-order valence-corrected chi connectivity index (χ2v) is 4.94. The van der Waals surface area contributed by atoms with E-state index in [1.54, 1.807) is 12.2 Å². The quantitative estimate of drug-likeness (QED) is 0.523. The van der Waals surface area contributed by atoms with Gasteiger partial charge in [-0.2, -0.15) is 0 Å². The van der Waals surface area contributed by atoms with Gasteiger partial charge in [0.15, 0.2) is 0 Å². The minimum atomic E-state index is 0.595. The van der Waals surface area contributed by atoms with Gasteiger partial charge in [-0.15, -0.1) is 0 Å². The van der Waals surface area contributed by atoms with E-state index in [9.17, 15) is 9.59 Å². The molecular formula is C12H16N2O2. The normalized spacial score (nSPS) is 35.5. The number of aliphatic imine (C=N–C) groups is 2. The SMILES string of the molecule is O=C=NCCC1CC2CC1CC2CN=C=O. The van der Waals surface area contributed by atoms with Crippen LogP contribution in [0.5, 0.6) is 0 Å². The van der Waals surface area contributed by atoms with Crippen molar-refractivity contribution in [3.63, 3.8) is 0 Å². The largest absolute Gasteiger partial charge is 0.234 e. The minimum Gasteiger partial charge on any atom is -0.211 e. The predicted octanol–water partition coefficient (Wildman–Crippen LogP) is 1.71. The highest BCUT2D eigenvalue weighted by molar-refractivity contribution is 5.33. The number of hydrogen-bond acceptors (Lipinski definition) is 4. The Morgan fingerprint density at radius 1 is 0.938 bits per heavy atom. The molecule has 4 nitrogen and oxygen atoms in total. The van der Waals surface area contributed by atoms with E-state index in [-0.39, 0.29) is 0 Å². The first-order valence-electron chi connectivity index (χ1n) is 5.92. The van der Waals surface area contributed by atoms with Crippen LogP contribution >= 0.6 is 0 Å². The van der Waals surface area contributed by atoms with Crippen molar-refractivity contribution in [1.29, 1.82) is 0 Å². The fraction of sp³-hybridized carbons (Fsp3) is 0.833. The topological polar surface area (TPSA) is 58.9 Å². The van der Waals surface area contributed by atoms with Crippen molar-refractivity contribution >= 4 is 12.2 Å². The van der Waals surface area contributed by atoms with E-state index in [0.717, 1.165) is 24.2 Å². The molecular weight excluding hydrogens is 204 g/mol. The first kappa shape index (κ1) is 11.3. The van der Waals surface area contributed by atoms with Crippen LogP contribution in [0, 0.1) is 23.7 Å². The Labute approximate surface area is 94.9 Å². The van der Waals surface area contributed by atoms with Crippen LogP contribution in [0.15, 0.2) is 9.98 Å². The summed E-state index contributed by atoms with van der Waals surface area (Å²) < 4.78 is 0. The van der Waals surface area contributed by atoms with Crippen LogP contribution in [-0.4, -0.2) is 25.2 Å². The molecule has 0 amide bonds. The van der Waals surface area contributed by atoms with Crippen molar-refractivity contribution in [2.24, 2.45) is 33.7 Å². The van der Waals surface area contributed by atoms with Gasteiger partial charge in [0.2, 0.25) is 12.2 Å². The minimum absolute atomic E-state index is 0.595. The lowest BCUT2D eigenvalue weighted by Gasteiger charge is -2.26. The summed E-state index contributed by atoms with van der Waals surface area (Å²) in [5.74, 6) is 2.81. The summed E-state index contributed by atoms with van der Waals surface area (Å²) >= 11 is 0. The Morgan fingerprint density at radius 2 is 1.62 bits per heavy atom. The molecule has 0 aromatic carbocycles. The molecule has 0 aliphatic heterocycles. The Morgan fingerprint density at radius 3 is 2.25 bits per heavy atom. The van der Waals surface area contributed by atoms with Crippen molar-refractivity contribution < 1.29 is 9.59 Å². The molecule has 4 atom stereocenters. The maximum atomic E-state index is 10.1. The van der Waals surface area contributed by atoms with Crippen molar-refractivity contribution in [1.82, 2.24) is 0 Å². The average Bonchev–Trinajstić information content (AvgIpc) is 2.86. The zero-order valence-corrected chi connectivity index (χ0v) is 9.26. The Bertz CT molecular complexity index is 343. The standard InChI is InChI=1S/C12H16N2O2/c15-7-13-2-1-9-3-11-4-10(9)5-12(11)6-14-8-16/h9-12H,1-6H2. The third kappa shape index (κ3) is 2.29. The Balaban J connectivity index is 1.80. The molecule has 86 valence electrons. The van der Waals surface area contributed by atoms with Gasteiger partial charge in [-0.25, -0.2) is 19.6 Å². The maximum absolute atomic E-state index is 10.1. The van der Waals surface area contributed by atoms with Crippen molar-refractivity contribution in [2.45, 2.75) is 25.7 Å². The Hall–Kier alpha value is -1.24. The summed E-state index contributed by atoms with van der Waals surface area (Å²) in [6.45, 7) is 1.28. The van der Waals surface area contributed by atoms with E-state index >= 15 is 0 Å². The summed E-state index contributed by atoms with van der Waals surface area (Å²) in [5.41, 5.74) is 0. The zero-order valence-electron chi connectivity index (χ0n) is 9.26. The van der Waals surface area contributed by atoms with Crippen LogP contribution in [0.25, 0.3) is 0 Å². The highest BCUT2D eigenvalue weighted by atomic mass is 16.1. The molecule has 16 heavy (non-hydrogen) atoms. The van der Waals surface area contributed by atoms with E-state index in [1.165, 1.54) is 19.3 Å². The molecule has 4 heteroatoms. The van der Waals surface area contributed by atoms with Crippen LogP contribution in [0.4, 0.5) is 0 Å². The lowest BCUT2D eigenvalue weighted by molar-refractivity contribution is 0.253. The number of rotatable bonds is 5. The molecule has 0 heterocycles. The maximum Gasteiger partial charge on any atom is 0.234 e. The van der Waals surface area contributed by atoms with Gasteiger partial charge in [0.25, 0.3) is 0 Å². The van der Waals surface area contributed by atoms with Gasteiger partial charge in [-0.3, -0.25) is 0 Å². The van der Waals surface area contributed by atoms with Gasteiger partial charge in [0.1, 0.15) is 0 Å². The number of hydrogen-bond donors (Lipinski definition) is 0. The van der Waals surface area contributed by atoms with Crippen LogP contribution in [0.1, 0.15) is 25.7 Å². The van der Waals surface area contributed by atoms with E-state index in [4.69, 9.17) is 0 Å². The molecule has 4 unspecified atom stereocenters. The molecule has 0 spiro atoms. The van der Waals surface area contributed by atoms with E-state index in [1.807, 2.05) is 0 Å². The van der Waals surface area contributed by atoms with E-state index in [0.29, 0.717) is 19.0 Å². The van der Waals surface area contributed by atoms with Crippen LogP contribution < -0.4 is 0 Å². The summed E-state index contributed by atoms with van der Waals surface area (Å²) in [6, 6.07) is 0. The number of nitrogens with zero attached hydrogens (tertiary/aromatic N) is 2. The average molecular weight is 220 g/mol. The monoisotopic (exact) mass is 220 g/mol. The van der Waals surface area contributed by atoms with E-state index < -0.39 is 0 Å². The van der Waals surface area contributed by atoms with Gasteiger partial charge >= 0.3 is 0 Å². The first-order chi connectivity index (χ1) is 7.85. The Kier molecular flexibility index (Phi) is 3.66. The van der Waals surface area contributed by atoms with Crippen LogP contribution in [-0.2, 0) is 9.59 Å². The molecule has 2 fully saturated rings. The molecule has 0 radical (unpaired) electrons. The third-order valence-electron chi connectivity index (χ3n) is 4.22. The molecule has 2 saturated carbocycles. The summed E-state index contributed by atoms with van der Waals surface area (Å²) in [4.78, 5) is 27.3. The fourth-order valence-corrected chi connectivity index (χ4v) is 3.52. The molecule has 2 aliphatic rings. The molecule has 2 aliphatic carbocycles. The smallest absolute Gasteiger partial charge is 0.211 e. The number of fused-ring (bicyclic) bond motifs is 2. The number of isocyanates is 2. The second-order valence-electron chi connectivity index (χ2n) is 4.94. The van der Waals surface area contributed by atoms with Crippen molar-refractivity contribution in [3.05, 3.63) is 0 Å². The van der Waals surface area contributed by atoms with Crippen LogP contribution in [0.3, 0.4) is 0 Å². The predicted molar refractivity (Wildman–Crippen MR) is 58.4 cm³/mol. The zero-order chi connectivity index (χ0) is 11.4. The van der Waals surface area contributed by atoms with Gasteiger partial charge in [0, 0.05) is 0 Å². The highest BCUT2D eigenvalue weighted by Gasteiger charge is 2.44. The lowest BCUT2D eigenvalue weighted by atomic mass is 9.80. The molecule has 2 rings (SSSR count). The molecule has 2 bridgehead atoms. The third-order valence-corrected chi connectivity index (χ3v) is 4.22. The summed E-state index contributed by atoms with van der Waals surface area (Å²) in [7, 11) is 0. The second kappa shape index (κ2) is 5.20. The summed E-state index contributed by atoms with van der Waals surface area (Å²) in [5, 5.41) is 0. The van der Waals surface area contributed by atoms with Crippen molar-refractivity contribution in [2.75, 3.05) is 13.1 Å². The van der Waals surface area contributed by atoms with Crippen LogP contribution in [0.2, 0.25) is 0 Å².